The normalized spacial score (nSPS) is 21.8. The van der Waals surface area contributed by atoms with Crippen LogP contribution in [0.25, 0.3) is 0 Å². The Morgan fingerprint density at radius 1 is 1.03 bits per heavy atom. The van der Waals surface area contributed by atoms with Gasteiger partial charge in [0.2, 0.25) is 5.91 Å². The summed E-state index contributed by atoms with van der Waals surface area (Å²) >= 11 is 1.40. The molecule has 7 heteroatoms. The Hall–Kier alpha value is -3.68. The van der Waals surface area contributed by atoms with E-state index < -0.39 is 5.41 Å². The van der Waals surface area contributed by atoms with Gasteiger partial charge in [0.05, 0.1) is 22.9 Å². The molecule has 3 aliphatic rings. The Morgan fingerprint density at radius 2 is 1.69 bits per heavy atom. The molecule has 0 bridgehead atoms. The van der Waals surface area contributed by atoms with Gasteiger partial charge in [-0.2, -0.15) is 10.5 Å². The molecule has 0 saturated carbocycles. The number of nitrogens with two attached hydrogens (primary N) is 1. The maximum Gasteiger partial charge on any atom is 0.248 e. The van der Waals surface area contributed by atoms with Gasteiger partial charge in [-0.15, -0.1) is 0 Å². The summed E-state index contributed by atoms with van der Waals surface area (Å²) in [6.45, 7) is 2.31. The number of thioether (sulfide) groups is 1. The van der Waals surface area contributed by atoms with E-state index in [4.69, 9.17) is 5.73 Å². The number of carbonyl (C=O) groups excluding carboxylic acids is 1. The monoisotopic (exact) mass is 397 g/mol. The highest BCUT2D eigenvalue weighted by Gasteiger charge is 2.61. The molecule has 0 aromatic heterocycles. The van der Waals surface area contributed by atoms with Gasteiger partial charge in [-0.25, -0.2) is 0 Å². The van der Waals surface area contributed by atoms with Gasteiger partial charge >= 0.3 is 0 Å². The van der Waals surface area contributed by atoms with Crippen molar-refractivity contribution in [2.24, 2.45) is 5.73 Å². The number of hydrogen-bond acceptors (Lipinski definition) is 6. The molecule has 2 N–H and O–H groups in total. The minimum absolute atomic E-state index is 0.100. The third-order valence-corrected chi connectivity index (χ3v) is 6.83. The van der Waals surface area contributed by atoms with Crippen LogP contribution in [0.5, 0.6) is 0 Å². The molecule has 29 heavy (non-hydrogen) atoms. The van der Waals surface area contributed by atoms with Gasteiger partial charge in [0, 0.05) is 22.7 Å². The van der Waals surface area contributed by atoms with Gasteiger partial charge in [0.1, 0.15) is 16.9 Å². The quantitative estimate of drug-likeness (QED) is 0.793. The molecule has 2 aromatic rings. The predicted molar refractivity (Wildman–Crippen MR) is 110 cm³/mol. The summed E-state index contributed by atoms with van der Waals surface area (Å²) in [6.07, 6.45) is 0. The van der Waals surface area contributed by atoms with Gasteiger partial charge in [0.25, 0.3) is 0 Å². The molecule has 140 valence electrons. The van der Waals surface area contributed by atoms with Crippen molar-refractivity contribution in [2.75, 3.05) is 16.3 Å². The molecule has 2 aromatic carbocycles. The van der Waals surface area contributed by atoms with Crippen LogP contribution in [0, 0.1) is 22.7 Å². The van der Waals surface area contributed by atoms with Crippen molar-refractivity contribution in [1.82, 2.24) is 0 Å². The number of amides is 1. The zero-order valence-electron chi connectivity index (χ0n) is 15.5. The first kappa shape index (κ1) is 17.4. The van der Waals surface area contributed by atoms with Crippen LogP contribution < -0.4 is 15.5 Å². The second-order valence-corrected chi connectivity index (χ2v) is 7.92. The van der Waals surface area contributed by atoms with Crippen LogP contribution in [0.3, 0.4) is 0 Å². The predicted octanol–water partition coefficient (Wildman–Crippen LogP) is 3.35. The van der Waals surface area contributed by atoms with Gasteiger partial charge in [-0.1, -0.05) is 42.1 Å². The highest BCUT2D eigenvalue weighted by Crippen LogP contribution is 2.59. The van der Waals surface area contributed by atoms with Gasteiger partial charge < -0.3 is 10.6 Å². The summed E-state index contributed by atoms with van der Waals surface area (Å²) in [7, 11) is 0. The fraction of sp³-hybridized carbons (Fsp3) is 0.136. The van der Waals surface area contributed by atoms with E-state index in [0.717, 1.165) is 10.6 Å². The molecule has 5 rings (SSSR count). The lowest BCUT2D eigenvalue weighted by atomic mass is 9.68. The van der Waals surface area contributed by atoms with Gasteiger partial charge in [-0.05, 0) is 25.1 Å². The van der Waals surface area contributed by atoms with Crippen molar-refractivity contribution >= 4 is 29.0 Å². The van der Waals surface area contributed by atoms with E-state index in [2.05, 4.69) is 12.1 Å². The molecule has 1 amide bonds. The topological polar surface area (TPSA) is 97.2 Å². The number of fused-ring (bicyclic) bond motifs is 5. The summed E-state index contributed by atoms with van der Waals surface area (Å²) in [5.74, 6) is -0.110. The van der Waals surface area contributed by atoms with Crippen molar-refractivity contribution in [3.8, 4) is 12.1 Å². The molecule has 3 aliphatic heterocycles. The van der Waals surface area contributed by atoms with E-state index in [1.54, 1.807) is 9.80 Å². The third-order valence-electron chi connectivity index (χ3n) is 5.68. The minimum atomic E-state index is -1.51. The first-order chi connectivity index (χ1) is 14.1. The molecule has 0 fully saturated rings. The molecule has 1 unspecified atom stereocenters. The zero-order chi connectivity index (χ0) is 20.3. The Morgan fingerprint density at radius 3 is 2.38 bits per heavy atom. The van der Waals surface area contributed by atoms with E-state index in [-0.39, 0.29) is 22.9 Å². The summed E-state index contributed by atoms with van der Waals surface area (Å²) in [5.41, 5.74) is 7.51. The van der Waals surface area contributed by atoms with E-state index in [1.165, 1.54) is 11.8 Å². The number of benzene rings is 2. The number of anilines is 2. The largest absolute Gasteiger partial charge is 0.384 e. The summed E-state index contributed by atoms with van der Waals surface area (Å²) < 4.78 is 0. The Bertz CT molecular complexity index is 1250. The number of hydrogen-bond donors (Lipinski definition) is 1. The van der Waals surface area contributed by atoms with E-state index >= 15 is 0 Å². The van der Waals surface area contributed by atoms with E-state index in [1.807, 2.05) is 55.5 Å². The van der Waals surface area contributed by atoms with Crippen molar-refractivity contribution in [3.05, 3.63) is 76.1 Å². The highest BCUT2D eigenvalue weighted by atomic mass is 32.2. The lowest BCUT2D eigenvalue weighted by Crippen LogP contribution is -2.48. The number of carbonyl (C=O) groups is 1. The molecule has 0 radical (unpaired) electrons. The van der Waals surface area contributed by atoms with Crippen molar-refractivity contribution in [3.63, 3.8) is 0 Å². The zero-order valence-corrected chi connectivity index (χ0v) is 16.3. The first-order valence-electron chi connectivity index (χ1n) is 9.14. The average Bonchev–Trinajstić information content (AvgIpc) is 3.24. The fourth-order valence-corrected chi connectivity index (χ4v) is 5.71. The molecule has 0 aliphatic carbocycles. The number of nitrogens with zero attached hydrogens (tertiary/aromatic N) is 4. The first-order valence-corrected chi connectivity index (χ1v) is 9.96. The lowest BCUT2D eigenvalue weighted by Gasteiger charge is -2.37. The van der Waals surface area contributed by atoms with Crippen LogP contribution in [0.2, 0.25) is 0 Å². The summed E-state index contributed by atoms with van der Waals surface area (Å²) in [6, 6.07) is 19.4. The van der Waals surface area contributed by atoms with E-state index in [0.29, 0.717) is 22.8 Å². The Kier molecular flexibility index (Phi) is 3.55. The van der Waals surface area contributed by atoms with Crippen LogP contribution in [0.15, 0.2) is 75.4 Å². The standard InChI is InChI=1S/C22H15N5OS/c1-2-26-16-8-4-3-7-13(16)22(21(26)28)14(11-23)19(25)27-17-9-5-6-10-18(17)29-20(27)15(22)12-24/h3-10H,2,25H2,1H3. The minimum Gasteiger partial charge on any atom is -0.384 e. The molecule has 6 nitrogen and oxygen atoms in total. The average molecular weight is 397 g/mol. The number of para-hydroxylation sites is 2. The van der Waals surface area contributed by atoms with Crippen molar-refractivity contribution in [2.45, 2.75) is 17.2 Å². The molecule has 3 heterocycles. The van der Waals surface area contributed by atoms with Crippen molar-refractivity contribution < 1.29 is 4.79 Å². The lowest BCUT2D eigenvalue weighted by molar-refractivity contribution is -0.120. The second-order valence-electron chi connectivity index (χ2n) is 6.89. The molecule has 1 spiro atoms. The van der Waals surface area contributed by atoms with Crippen LogP contribution in [-0.2, 0) is 10.2 Å². The van der Waals surface area contributed by atoms with Gasteiger partial charge in [-0.3, -0.25) is 9.69 Å². The van der Waals surface area contributed by atoms with Crippen LogP contribution in [-0.4, -0.2) is 12.5 Å². The molecule has 0 saturated heterocycles. The fourth-order valence-electron chi connectivity index (χ4n) is 4.50. The highest BCUT2D eigenvalue weighted by molar-refractivity contribution is 8.03. The van der Waals surface area contributed by atoms with Crippen LogP contribution in [0.4, 0.5) is 11.4 Å². The summed E-state index contributed by atoms with van der Waals surface area (Å²) in [4.78, 5) is 18.1. The summed E-state index contributed by atoms with van der Waals surface area (Å²) in [5, 5.41) is 21.0. The number of rotatable bonds is 1. The Labute approximate surface area is 172 Å². The smallest absolute Gasteiger partial charge is 0.248 e. The van der Waals surface area contributed by atoms with Crippen LogP contribution >= 0.6 is 11.8 Å². The molecule has 1 atom stereocenters. The molecular formula is C22H15N5OS. The van der Waals surface area contributed by atoms with Crippen molar-refractivity contribution in [1.29, 1.82) is 10.5 Å². The third kappa shape index (κ3) is 1.88. The van der Waals surface area contributed by atoms with E-state index in [9.17, 15) is 15.3 Å². The van der Waals surface area contributed by atoms with Crippen LogP contribution in [0.1, 0.15) is 12.5 Å². The Balaban J connectivity index is 1.91. The number of likely N-dealkylation sites (N-methyl/N-ethyl adjacent to an activating group) is 1. The van der Waals surface area contributed by atoms with Gasteiger partial charge in [0.15, 0.2) is 5.41 Å². The second kappa shape index (κ2) is 5.91. The number of nitriles is 2. The molecular weight excluding hydrogens is 382 g/mol. The SMILES string of the molecule is CCN1C(=O)C2(C(C#N)=C(N)N3C(=C2C#N)Sc2ccccc23)c2ccccc21. The maximum atomic E-state index is 13.8. The maximum absolute atomic E-state index is 13.8.